The molecule has 0 aliphatic heterocycles. The van der Waals surface area contributed by atoms with Gasteiger partial charge < -0.3 is 19.5 Å². The summed E-state index contributed by atoms with van der Waals surface area (Å²) in [6.45, 7) is 3.80. The van der Waals surface area contributed by atoms with Crippen molar-refractivity contribution >= 4 is 50.3 Å². The van der Waals surface area contributed by atoms with Gasteiger partial charge in [0.2, 0.25) is 0 Å². The molecular weight excluding hydrogens is 490 g/mol. The molecule has 0 bridgehead atoms. The highest BCUT2D eigenvalue weighted by Crippen LogP contribution is 2.33. The molecule has 0 aliphatic carbocycles. The summed E-state index contributed by atoms with van der Waals surface area (Å²) in [6, 6.07) is 10.9. The fourth-order valence-electron chi connectivity index (χ4n) is 3.17. The predicted octanol–water partition coefficient (Wildman–Crippen LogP) is 5.56. The first-order valence-electron chi connectivity index (χ1n) is 10.7. The Morgan fingerprint density at radius 2 is 1.73 bits per heavy atom. The minimum Gasteiger partial charge on any atom is -0.491 e. The van der Waals surface area contributed by atoms with E-state index in [4.69, 9.17) is 14.2 Å². The summed E-state index contributed by atoms with van der Waals surface area (Å²) in [5, 5.41) is 4.04. The monoisotopic (exact) mass is 515 g/mol. The second kappa shape index (κ2) is 12.2. The van der Waals surface area contributed by atoms with Gasteiger partial charge in [-0.15, -0.1) is 0 Å². The number of esters is 2. The van der Waals surface area contributed by atoms with Crippen LogP contribution in [0.3, 0.4) is 0 Å². The molecule has 9 heteroatoms. The number of rotatable bonds is 11. The van der Waals surface area contributed by atoms with Crippen molar-refractivity contribution in [2.45, 2.75) is 39.5 Å². The van der Waals surface area contributed by atoms with Gasteiger partial charge in [0.05, 0.1) is 24.4 Å². The molecule has 0 spiro atoms. The molecule has 0 saturated carbocycles. The Hall–Kier alpha value is -3.20. The molecule has 1 N–H and O–H groups in total. The molecule has 33 heavy (non-hydrogen) atoms. The van der Waals surface area contributed by atoms with E-state index in [-0.39, 0.29) is 5.97 Å². The first-order valence-corrected chi connectivity index (χ1v) is 11.5. The standard InChI is InChI=1S/C24H26BrN3O5/c1-16(29)31-11-5-3-4-6-12-32-23-10-7-18(25)13-22(23)28-24-20-14-19(33-17(2)30)8-9-21(20)26-15-27-24/h7-10,13-15H,3-6,11-12H2,1-2H3,(H,26,27,28). The molecule has 8 nitrogen and oxygen atoms in total. The molecule has 1 heterocycles. The summed E-state index contributed by atoms with van der Waals surface area (Å²) in [4.78, 5) is 30.8. The Morgan fingerprint density at radius 1 is 0.939 bits per heavy atom. The average molecular weight is 516 g/mol. The van der Waals surface area contributed by atoms with Crippen LogP contribution < -0.4 is 14.8 Å². The van der Waals surface area contributed by atoms with Gasteiger partial charge in [-0.25, -0.2) is 9.97 Å². The van der Waals surface area contributed by atoms with Crippen molar-refractivity contribution in [2.75, 3.05) is 18.5 Å². The second-order valence-corrected chi connectivity index (χ2v) is 8.28. The van der Waals surface area contributed by atoms with E-state index >= 15 is 0 Å². The average Bonchev–Trinajstić information content (AvgIpc) is 2.76. The molecule has 1 aromatic heterocycles. The van der Waals surface area contributed by atoms with Gasteiger partial charge in [-0.1, -0.05) is 15.9 Å². The van der Waals surface area contributed by atoms with E-state index in [1.807, 2.05) is 18.2 Å². The molecule has 3 rings (SSSR count). The normalized spacial score (nSPS) is 10.6. The highest BCUT2D eigenvalue weighted by atomic mass is 79.9. The molecule has 0 unspecified atom stereocenters. The van der Waals surface area contributed by atoms with Gasteiger partial charge in [-0.05, 0) is 62.1 Å². The smallest absolute Gasteiger partial charge is 0.308 e. The summed E-state index contributed by atoms with van der Waals surface area (Å²) in [5.74, 6) is 1.05. The van der Waals surface area contributed by atoms with Crippen LogP contribution in [0.4, 0.5) is 11.5 Å². The Bertz CT molecular complexity index is 1120. The lowest BCUT2D eigenvalue weighted by Gasteiger charge is -2.15. The third-order valence-electron chi connectivity index (χ3n) is 4.66. The number of fused-ring (bicyclic) bond motifs is 1. The summed E-state index contributed by atoms with van der Waals surface area (Å²) in [5.41, 5.74) is 1.46. The fraction of sp³-hybridized carbons (Fsp3) is 0.333. The molecule has 174 valence electrons. The van der Waals surface area contributed by atoms with E-state index in [0.29, 0.717) is 30.5 Å². The molecule has 0 radical (unpaired) electrons. The van der Waals surface area contributed by atoms with Gasteiger partial charge in [-0.3, -0.25) is 9.59 Å². The van der Waals surface area contributed by atoms with Gasteiger partial charge in [0.1, 0.15) is 23.6 Å². The number of benzene rings is 2. The first kappa shape index (κ1) is 24.4. The fourth-order valence-corrected chi connectivity index (χ4v) is 3.53. The van der Waals surface area contributed by atoms with Crippen molar-refractivity contribution in [3.63, 3.8) is 0 Å². The van der Waals surface area contributed by atoms with E-state index in [1.165, 1.54) is 20.2 Å². The maximum atomic E-state index is 11.3. The number of nitrogens with zero attached hydrogens (tertiary/aromatic N) is 2. The second-order valence-electron chi connectivity index (χ2n) is 7.36. The number of aromatic nitrogens is 2. The number of hydrogen-bond acceptors (Lipinski definition) is 8. The number of anilines is 2. The van der Waals surface area contributed by atoms with Gasteiger partial charge in [-0.2, -0.15) is 0 Å². The number of ether oxygens (including phenoxy) is 3. The Balaban J connectivity index is 1.66. The third-order valence-corrected chi connectivity index (χ3v) is 5.16. The van der Waals surface area contributed by atoms with Crippen molar-refractivity contribution in [1.82, 2.24) is 9.97 Å². The van der Waals surface area contributed by atoms with Crippen LogP contribution in [0, 0.1) is 0 Å². The first-order chi connectivity index (χ1) is 15.9. The molecular formula is C24H26BrN3O5. The Morgan fingerprint density at radius 3 is 2.48 bits per heavy atom. The minimum atomic E-state index is -0.394. The van der Waals surface area contributed by atoms with Crippen LogP contribution in [0.5, 0.6) is 11.5 Å². The molecule has 0 atom stereocenters. The maximum absolute atomic E-state index is 11.3. The van der Waals surface area contributed by atoms with Crippen molar-refractivity contribution in [3.8, 4) is 11.5 Å². The van der Waals surface area contributed by atoms with Crippen LogP contribution in [0.1, 0.15) is 39.5 Å². The highest BCUT2D eigenvalue weighted by molar-refractivity contribution is 9.10. The predicted molar refractivity (Wildman–Crippen MR) is 129 cm³/mol. The minimum absolute atomic E-state index is 0.243. The molecule has 0 saturated heterocycles. The molecule has 0 fully saturated rings. The zero-order valence-electron chi connectivity index (χ0n) is 18.6. The lowest BCUT2D eigenvalue weighted by Crippen LogP contribution is -2.04. The van der Waals surface area contributed by atoms with Gasteiger partial charge in [0.15, 0.2) is 0 Å². The summed E-state index contributed by atoms with van der Waals surface area (Å²) < 4.78 is 17.1. The zero-order valence-corrected chi connectivity index (χ0v) is 20.2. The van der Waals surface area contributed by atoms with Gasteiger partial charge in [0, 0.05) is 23.7 Å². The molecule has 0 amide bonds. The SMILES string of the molecule is CC(=O)OCCCCCCOc1ccc(Br)cc1Nc1ncnc2ccc(OC(C)=O)cc12. The third kappa shape index (κ3) is 7.71. The number of halogens is 1. The molecule has 3 aromatic rings. The maximum Gasteiger partial charge on any atom is 0.308 e. The number of unbranched alkanes of at least 4 members (excludes halogenated alkanes) is 3. The zero-order chi connectivity index (χ0) is 23.6. The highest BCUT2D eigenvalue weighted by Gasteiger charge is 2.11. The largest absolute Gasteiger partial charge is 0.491 e. The van der Waals surface area contributed by atoms with Crippen LogP contribution in [0.2, 0.25) is 0 Å². The van der Waals surface area contributed by atoms with E-state index in [9.17, 15) is 9.59 Å². The van der Waals surface area contributed by atoms with Crippen LogP contribution in [-0.4, -0.2) is 35.1 Å². The number of carbonyl (C=O) groups excluding carboxylic acids is 2. The van der Waals surface area contributed by atoms with Crippen molar-refractivity contribution in [2.24, 2.45) is 0 Å². The van der Waals surface area contributed by atoms with Crippen LogP contribution >= 0.6 is 15.9 Å². The Kier molecular flexibility index (Phi) is 9.00. The van der Waals surface area contributed by atoms with Gasteiger partial charge >= 0.3 is 11.9 Å². The van der Waals surface area contributed by atoms with Crippen molar-refractivity contribution in [3.05, 3.63) is 47.2 Å². The molecule has 2 aromatic carbocycles. The lowest BCUT2D eigenvalue weighted by atomic mass is 10.2. The molecule has 0 aliphatic rings. The van der Waals surface area contributed by atoms with Crippen molar-refractivity contribution < 1.29 is 23.8 Å². The van der Waals surface area contributed by atoms with Crippen LogP contribution in [0.15, 0.2) is 47.2 Å². The van der Waals surface area contributed by atoms with E-state index in [0.717, 1.165) is 46.7 Å². The summed E-state index contributed by atoms with van der Waals surface area (Å²) >= 11 is 3.50. The van der Waals surface area contributed by atoms with Gasteiger partial charge in [0.25, 0.3) is 0 Å². The van der Waals surface area contributed by atoms with Crippen LogP contribution in [0.25, 0.3) is 10.9 Å². The van der Waals surface area contributed by atoms with E-state index < -0.39 is 5.97 Å². The van der Waals surface area contributed by atoms with E-state index in [1.54, 1.807) is 18.2 Å². The summed E-state index contributed by atoms with van der Waals surface area (Å²) in [7, 11) is 0. The number of hydrogen-bond donors (Lipinski definition) is 1. The lowest BCUT2D eigenvalue weighted by molar-refractivity contribution is -0.141. The summed E-state index contributed by atoms with van der Waals surface area (Å²) in [6.07, 6.45) is 5.17. The van der Waals surface area contributed by atoms with Crippen molar-refractivity contribution in [1.29, 1.82) is 0 Å². The number of nitrogens with one attached hydrogen (secondary N) is 1. The van der Waals surface area contributed by atoms with Crippen LogP contribution in [-0.2, 0) is 14.3 Å². The van der Waals surface area contributed by atoms with E-state index in [2.05, 4.69) is 31.2 Å². The quantitative estimate of drug-likeness (QED) is 0.201. The number of carbonyl (C=O) groups is 2. The Labute approximate surface area is 200 Å². The topological polar surface area (TPSA) is 99.6 Å².